The molecule has 0 fully saturated rings. The van der Waals surface area contributed by atoms with Crippen molar-refractivity contribution >= 4 is 53.1 Å². The minimum Gasteiger partial charge on any atom is -0.481 e. The van der Waals surface area contributed by atoms with E-state index in [4.69, 9.17) is 17.9 Å². The number of carbonyl (C=O) groups excluding carboxylic acids is 4. The van der Waals surface area contributed by atoms with Gasteiger partial charge >= 0.3 is 5.97 Å². The highest BCUT2D eigenvalue weighted by Crippen LogP contribution is 2.15. The Balaban J connectivity index is -0.0000000638. The first kappa shape index (κ1) is 69.3. The zero-order valence-electron chi connectivity index (χ0n) is 29.2. The summed E-state index contributed by atoms with van der Waals surface area (Å²) < 4.78 is 5.74. The van der Waals surface area contributed by atoms with Crippen LogP contribution in [0.4, 0.5) is 0 Å². The van der Waals surface area contributed by atoms with Crippen LogP contribution in [0.2, 0.25) is 0 Å². The van der Waals surface area contributed by atoms with E-state index >= 15 is 0 Å². The minimum atomic E-state index is -0.706. The first-order valence-electron chi connectivity index (χ1n) is 15.6. The topological polar surface area (TPSA) is 194 Å². The van der Waals surface area contributed by atoms with Crippen molar-refractivity contribution in [2.45, 2.75) is 144 Å². The van der Waals surface area contributed by atoms with Gasteiger partial charge in [0, 0.05) is 72.9 Å². The number of aliphatic carboxylic acids is 1. The standard InChI is InChI=1S/C16H31N3O3S.C8H18N2OS.C5H10O2.C2H2.6CH4/c1-5-13(10-12(4)15(17)21)16(22)18-7-9-23-8-6-14(20)19-11(2)3;1-7(2)10-8(11)3-5-12-6-4-9;1-3-4(2)5(6)7;1-2;;;;;;/h11-13H,5-10H2,1-4H3,(H2,17,21)(H,18,22)(H,19,20);7H,3-6,9H2,1-2H3,(H,10,11);4H,3H2,1-2H3,(H,6,7);1-2H;6*1H4/i;;;1D;;;;;;. The second-order valence-electron chi connectivity index (χ2n) is 10.5. The first-order chi connectivity index (χ1) is 21.0. The third kappa shape index (κ3) is 55.0. The summed E-state index contributed by atoms with van der Waals surface area (Å²) >= 11 is 3.36. The van der Waals surface area contributed by atoms with Crippen LogP contribution >= 0.6 is 23.5 Å². The Hall–Kier alpha value is -2.43. The van der Waals surface area contributed by atoms with Crippen LogP contribution in [0.1, 0.15) is 133 Å². The van der Waals surface area contributed by atoms with Gasteiger partial charge in [0.1, 0.15) is 1.37 Å². The highest BCUT2D eigenvalue weighted by molar-refractivity contribution is 7.99. The zero-order chi connectivity index (χ0) is 35.8. The summed E-state index contributed by atoms with van der Waals surface area (Å²) in [6.45, 7) is 16.3. The van der Waals surface area contributed by atoms with Crippen LogP contribution in [0.3, 0.4) is 0 Å². The molecule has 0 heterocycles. The van der Waals surface area contributed by atoms with Gasteiger partial charge in [0.05, 0.1) is 5.92 Å². The summed E-state index contributed by atoms with van der Waals surface area (Å²) in [7, 11) is 0. The summed E-state index contributed by atoms with van der Waals surface area (Å²) in [6, 6.07) is 0.414. The van der Waals surface area contributed by atoms with Gasteiger partial charge in [-0.2, -0.15) is 23.5 Å². The molecule has 0 radical (unpaired) electrons. The van der Waals surface area contributed by atoms with Gasteiger partial charge in [-0.3, -0.25) is 24.0 Å². The van der Waals surface area contributed by atoms with Crippen molar-refractivity contribution in [2.24, 2.45) is 29.2 Å². The average molecular weight is 761 g/mol. The Morgan fingerprint density at radius 1 is 0.740 bits per heavy atom. The van der Waals surface area contributed by atoms with E-state index in [1.165, 1.54) is 6.40 Å². The molecule has 11 nitrogen and oxygen atoms in total. The van der Waals surface area contributed by atoms with Crippen LogP contribution in [0.25, 0.3) is 0 Å². The van der Waals surface area contributed by atoms with E-state index in [1.807, 2.05) is 41.5 Å². The molecule has 0 aromatic rings. The summed E-state index contributed by atoms with van der Waals surface area (Å²) in [5, 5.41) is 16.7. The lowest BCUT2D eigenvalue weighted by atomic mass is 9.92. The molecule has 50 heavy (non-hydrogen) atoms. The van der Waals surface area contributed by atoms with Crippen molar-refractivity contribution in [3.8, 4) is 12.8 Å². The van der Waals surface area contributed by atoms with Crippen molar-refractivity contribution in [3.63, 3.8) is 0 Å². The lowest BCUT2D eigenvalue weighted by Gasteiger charge is -2.17. The Morgan fingerprint density at radius 2 is 1.14 bits per heavy atom. The fourth-order valence-corrected chi connectivity index (χ4v) is 4.45. The second-order valence-corrected chi connectivity index (χ2v) is 13.0. The van der Waals surface area contributed by atoms with E-state index < -0.39 is 5.97 Å². The number of carboxylic acids is 1. The van der Waals surface area contributed by atoms with E-state index in [2.05, 4.69) is 22.4 Å². The van der Waals surface area contributed by atoms with Gasteiger partial charge in [-0.1, -0.05) is 72.3 Å². The third-order valence-corrected chi connectivity index (χ3v) is 7.68. The molecule has 0 spiro atoms. The maximum absolute atomic E-state index is 12.1. The Bertz CT molecular complexity index is 847. The second kappa shape index (κ2) is 50.9. The van der Waals surface area contributed by atoms with Crippen molar-refractivity contribution in [1.29, 1.82) is 0 Å². The van der Waals surface area contributed by atoms with Crippen molar-refractivity contribution in [3.05, 3.63) is 0 Å². The maximum Gasteiger partial charge on any atom is 0.306 e. The quantitative estimate of drug-likeness (QED) is 0.0556. The highest BCUT2D eigenvalue weighted by atomic mass is 32.2. The van der Waals surface area contributed by atoms with Crippen LogP contribution in [-0.4, -0.2) is 82.9 Å². The summed E-state index contributed by atoms with van der Waals surface area (Å²) in [4.78, 5) is 55.6. The Labute approximate surface area is 321 Å². The van der Waals surface area contributed by atoms with E-state index in [0.29, 0.717) is 38.8 Å². The number of amides is 4. The number of nitrogens with one attached hydrogen (secondary N) is 3. The van der Waals surface area contributed by atoms with Gasteiger partial charge in [-0.15, -0.1) is 12.8 Å². The number of thioether (sulfide) groups is 2. The number of terminal acetylenes is 1. The van der Waals surface area contributed by atoms with Gasteiger partial charge in [0.25, 0.3) is 0 Å². The predicted octanol–water partition coefficient (Wildman–Crippen LogP) is 7.06. The Kier molecular flexibility index (Phi) is 70.7. The van der Waals surface area contributed by atoms with E-state index in [-0.39, 0.29) is 98.0 Å². The number of nitrogens with two attached hydrogens (primary N) is 2. The average Bonchev–Trinajstić information content (AvgIpc) is 2.95. The first-order valence-corrected chi connectivity index (χ1v) is 17.5. The zero-order valence-corrected chi connectivity index (χ0v) is 29.8. The number of rotatable bonds is 20. The van der Waals surface area contributed by atoms with Crippen LogP contribution < -0.4 is 27.4 Å². The monoisotopic (exact) mass is 761 g/mol. The lowest BCUT2D eigenvalue weighted by molar-refractivity contribution is -0.141. The number of hydrogen-bond acceptors (Lipinski definition) is 8. The molecule has 3 unspecified atom stereocenters. The smallest absolute Gasteiger partial charge is 0.306 e. The van der Waals surface area contributed by atoms with Crippen molar-refractivity contribution in [2.75, 3.05) is 36.1 Å². The normalized spacial score (nSPS) is 10.7. The molecule has 0 aromatic heterocycles. The molecule has 4 amide bonds. The molecule has 0 saturated carbocycles. The number of carbonyl (C=O) groups is 5. The minimum absolute atomic E-state index is 0. The molecule has 0 saturated heterocycles. The van der Waals surface area contributed by atoms with Gasteiger partial charge in [-0.05, 0) is 47.0 Å². The largest absolute Gasteiger partial charge is 0.481 e. The SMILES string of the molecule is C.C.C.C.C.C.CC(C)NC(=O)CCSCCN.CCC(C)C(=O)O.CCC(CC(C)C(N)=O)C(=O)NCCSCCC(=O)NC(C)C.[2H]C#C. The van der Waals surface area contributed by atoms with Crippen molar-refractivity contribution in [1.82, 2.24) is 16.0 Å². The van der Waals surface area contributed by atoms with Gasteiger partial charge < -0.3 is 32.5 Å². The van der Waals surface area contributed by atoms with E-state index in [9.17, 15) is 24.0 Å². The molecule has 8 N–H and O–H groups in total. The van der Waals surface area contributed by atoms with Gasteiger partial charge in [0.2, 0.25) is 23.6 Å². The fraction of sp³-hybridized carbons (Fsp3) is 0.811. The van der Waals surface area contributed by atoms with Crippen LogP contribution in [0.15, 0.2) is 0 Å². The predicted molar refractivity (Wildman–Crippen MR) is 227 cm³/mol. The summed E-state index contributed by atoms with van der Waals surface area (Å²) in [6.07, 6.45) is 8.74. The van der Waals surface area contributed by atoms with E-state index in [0.717, 1.165) is 29.4 Å². The third-order valence-electron chi connectivity index (χ3n) is 5.68. The summed E-state index contributed by atoms with van der Waals surface area (Å²) in [5.41, 5.74) is 10.5. The molecular weight excluding hydrogens is 675 g/mol. The molecule has 0 aliphatic heterocycles. The van der Waals surface area contributed by atoms with E-state index in [1.54, 1.807) is 37.4 Å². The van der Waals surface area contributed by atoms with Crippen LogP contribution in [0.5, 0.6) is 0 Å². The fourth-order valence-electron chi connectivity index (χ4n) is 2.97. The molecule has 306 valence electrons. The molecule has 13 heteroatoms. The molecule has 3 atom stereocenters. The molecule has 0 aliphatic rings. The lowest BCUT2D eigenvalue weighted by Crippen LogP contribution is -2.34. The number of carboxylic acid groups (broad SMARTS) is 1. The molecular formula is C37H85N5O6S2. The van der Waals surface area contributed by atoms with Crippen LogP contribution in [0, 0.1) is 30.6 Å². The van der Waals surface area contributed by atoms with Gasteiger partial charge in [-0.25, -0.2) is 0 Å². The Morgan fingerprint density at radius 3 is 1.42 bits per heavy atom. The molecule has 0 rings (SSSR count). The maximum atomic E-state index is 12.1. The molecule has 0 aliphatic carbocycles. The number of primary amides is 1. The molecule has 0 aromatic carbocycles. The van der Waals surface area contributed by atoms with Crippen LogP contribution in [-0.2, 0) is 24.0 Å². The van der Waals surface area contributed by atoms with Gasteiger partial charge in [0.15, 0.2) is 0 Å². The van der Waals surface area contributed by atoms with Crippen molar-refractivity contribution < 1.29 is 30.4 Å². The number of hydrogen-bond donors (Lipinski definition) is 6. The molecule has 0 bridgehead atoms. The highest BCUT2D eigenvalue weighted by Gasteiger charge is 2.21. The summed E-state index contributed by atoms with van der Waals surface area (Å²) in [5.74, 6) is 1.75.